The third-order valence-corrected chi connectivity index (χ3v) is 1.45. The molecule has 0 rings (SSSR count). The van der Waals surface area contributed by atoms with E-state index >= 15 is 0 Å². The van der Waals surface area contributed by atoms with Gasteiger partial charge < -0.3 is 0 Å². The van der Waals surface area contributed by atoms with Crippen LogP contribution in [0.3, 0.4) is 0 Å². The van der Waals surface area contributed by atoms with Crippen LogP contribution in [0.1, 0.15) is 6.92 Å². The summed E-state index contributed by atoms with van der Waals surface area (Å²) in [7, 11) is -1.36. The maximum atomic E-state index is 10.1. The summed E-state index contributed by atoms with van der Waals surface area (Å²) >= 11 is 4.40. The molecule has 3 heteroatoms. The Labute approximate surface area is 50.1 Å². The summed E-state index contributed by atoms with van der Waals surface area (Å²) in [4.78, 5) is 0. The fourth-order valence-corrected chi connectivity index (χ4v) is 0.833. The normalized spacial score (nSPS) is 15.0. The van der Waals surface area contributed by atoms with E-state index in [1.807, 2.05) is 19.1 Å². The SMILES string of the molecule is C/C=C/C[SH](=O)=S. The first-order valence-electron chi connectivity index (χ1n) is 2.00. The maximum Gasteiger partial charge on any atom is 0.0412 e. The lowest BCUT2D eigenvalue weighted by Crippen LogP contribution is -1.75. The number of thiol groups is 1. The highest BCUT2D eigenvalue weighted by Gasteiger charge is 1.69. The van der Waals surface area contributed by atoms with Gasteiger partial charge in [0, 0.05) is 15.1 Å². The molecular formula is C4H8OS2. The molecule has 0 aromatic rings. The number of rotatable bonds is 2. The molecule has 0 heterocycles. The molecule has 0 saturated carbocycles. The molecule has 1 unspecified atom stereocenters. The Kier molecular flexibility index (Phi) is 4.34. The third kappa shape index (κ3) is 6.11. The van der Waals surface area contributed by atoms with Crippen LogP contribution in [0, 0.1) is 0 Å². The minimum atomic E-state index is -1.36. The highest BCUT2D eigenvalue weighted by molar-refractivity contribution is 8.21. The minimum absolute atomic E-state index is 0.543. The monoisotopic (exact) mass is 136 g/mol. The van der Waals surface area contributed by atoms with Crippen molar-refractivity contribution in [2.45, 2.75) is 6.92 Å². The second-order valence-corrected chi connectivity index (χ2v) is 3.34. The predicted molar refractivity (Wildman–Crippen MR) is 36.6 cm³/mol. The molecule has 0 spiro atoms. The van der Waals surface area contributed by atoms with Gasteiger partial charge in [-0.25, -0.2) is 0 Å². The van der Waals surface area contributed by atoms with E-state index in [1.54, 1.807) is 0 Å². The molecule has 42 valence electrons. The first-order valence-corrected chi connectivity index (χ1v) is 4.46. The Morgan fingerprint density at radius 1 is 1.86 bits per heavy atom. The van der Waals surface area contributed by atoms with Crippen molar-refractivity contribution in [2.75, 3.05) is 5.75 Å². The lowest BCUT2D eigenvalue weighted by atomic mass is 10.6. The number of allylic oxidation sites excluding steroid dienone is 1. The zero-order chi connectivity index (χ0) is 5.70. The summed E-state index contributed by atoms with van der Waals surface area (Å²) in [6.07, 6.45) is 3.66. The summed E-state index contributed by atoms with van der Waals surface area (Å²) in [5.41, 5.74) is 0. The lowest BCUT2D eigenvalue weighted by molar-refractivity contribution is 0.694. The van der Waals surface area contributed by atoms with E-state index in [2.05, 4.69) is 11.2 Å². The van der Waals surface area contributed by atoms with Crippen LogP contribution < -0.4 is 0 Å². The van der Waals surface area contributed by atoms with Gasteiger partial charge in [0.2, 0.25) is 0 Å². The molecule has 0 radical (unpaired) electrons. The van der Waals surface area contributed by atoms with Crippen molar-refractivity contribution in [1.82, 2.24) is 0 Å². The molecule has 0 aliphatic heterocycles. The number of hydrogen-bond acceptors (Lipinski definition) is 2. The zero-order valence-electron chi connectivity index (χ0n) is 4.13. The maximum absolute atomic E-state index is 10.1. The molecule has 0 aromatic carbocycles. The minimum Gasteiger partial charge on any atom is -0.260 e. The van der Waals surface area contributed by atoms with Crippen LogP contribution in [0.25, 0.3) is 0 Å². The molecule has 0 bridgehead atoms. The first-order chi connectivity index (χ1) is 3.27. The van der Waals surface area contributed by atoms with E-state index in [9.17, 15) is 4.21 Å². The fraction of sp³-hybridized carbons (Fsp3) is 0.500. The van der Waals surface area contributed by atoms with Gasteiger partial charge in [0.25, 0.3) is 0 Å². The van der Waals surface area contributed by atoms with E-state index in [-0.39, 0.29) is 0 Å². The van der Waals surface area contributed by atoms with Crippen molar-refractivity contribution in [3.63, 3.8) is 0 Å². The van der Waals surface area contributed by atoms with Crippen molar-refractivity contribution >= 4 is 20.5 Å². The summed E-state index contributed by atoms with van der Waals surface area (Å²) in [6, 6.07) is 0. The van der Waals surface area contributed by atoms with E-state index in [0.717, 1.165) is 0 Å². The quantitative estimate of drug-likeness (QED) is 0.440. The van der Waals surface area contributed by atoms with Crippen molar-refractivity contribution < 1.29 is 4.21 Å². The highest BCUT2D eigenvalue weighted by Crippen LogP contribution is 1.69. The van der Waals surface area contributed by atoms with Gasteiger partial charge in [-0.05, 0) is 18.1 Å². The summed E-state index contributed by atoms with van der Waals surface area (Å²) in [6.45, 7) is 1.88. The Hall–Kier alpha value is 0.110. The first kappa shape index (κ1) is 7.11. The van der Waals surface area contributed by atoms with Gasteiger partial charge in [0.05, 0.1) is 0 Å². The molecule has 7 heavy (non-hydrogen) atoms. The van der Waals surface area contributed by atoms with Crippen molar-refractivity contribution in [3.05, 3.63) is 12.2 Å². The molecule has 0 fully saturated rings. The smallest absolute Gasteiger partial charge is 0.0412 e. The number of hydrogen-bond donors (Lipinski definition) is 1. The fourth-order valence-electron chi connectivity index (χ4n) is 0.191. The standard InChI is InChI=1S/C4H8OS2/c1-2-3-4-7(5)6/h2-3,7H,4H2,1H3/b3-2+. The molecule has 0 aliphatic carbocycles. The highest BCUT2D eigenvalue weighted by atomic mass is 32.8. The Balaban J connectivity index is 3.33. The van der Waals surface area contributed by atoms with Gasteiger partial charge in [-0.3, -0.25) is 4.21 Å². The Morgan fingerprint density at radius 3 is 2.57 bits per heavy atom. The van der Waals surface area contributed by atoms with Crippen LogP contribution in [0.5, 0.6) is 0 Å². The summed E-state index contributed by atoms with van der Waals surface area (Å²) in [5.74, 6) is 0.543. The largest absolute Gasteiger partial charge is 0.260 e. The third-order valence-electron chi connectivity index (χ3n) is 0.490. The molecule has 1 atom stereocenters. The molecule has 1 nitrogen and oxygen atoms in total. The van der Waals surface area contributed by atoms with Crippen LogP contribution in [0.2, 0.25) is 0 Å². The average Bonchev–Trinajstić information content (AvgIpc) is 1.61. The molecule has 0 N–H and O–H groups in total. The van der Waals surface area contributed by atoms with Crippen LogP contribution in [0.15, 0.2) is 12.2 Å². The van der Waals surface area contributed by atoms with Crippen LogP contribution in [-0.2, 0) is 20.5 Å². The van der Waals surface area contributed by atoms with Gasteiger partial charge in [0.1, 0.15) is 0 Å². The average molecular weight is 136 g/mol. The molecule has 0 aromatic heterocycles. The summed E-state index contributed by atoms with van der Waals surface area (Å²) in [5, 5.41) is 0. The lowest BCUT2D eigenvalue weighted by Gasteiger charge is -1.72. The van der Waals surface area contributed by atoms with Gasteiger partial charge in [-0.1, -0.05) is 12.2 Å². The van der Waals surface area contributed by atoms with Crippen LogP contribution in [0.4, 0.5) is 0 Å². The van der Waals surface area contributed by atoms with Crippen LogP contribution in [-0.4, -0.2) is 9.96 Å². The van der Waals surface area contributed by atoms with Gasteiger partial charge >= 0.3 is 0 Å². The van der Waals surface area contributed by atoms with Gasteiger partial charge in [0.15, 0.2) is 0 Å². The zero-order valence-corrected chi connectivity index (χ0v) is 5.84. The Morgan fingerprint density at radius 2 is 2.43 bits per heavy atom. The van der Waals surface area contributed by atoms with Crippen molar-refractivity contribution in [2.24, 2.45) is 0 Å². The summed E-state index contributed by atoms with van der Waals surface area (Å²) < 4.78 is 10.1. The van der Waals surface area contributed by atoms with E-state index in [1.165, 1.54) is 0 Å². The predicted octanol–water partition coefficient (Wildman–Crippen LogP) is 0.505. The second-order valence-electron chi connectivity index (χ2n) is 1.08. The second kappa shape index (κ2) is 4.27. The van der Waals surface area contributed by atoms with E-state index < -0.39 is 9.36 Å². The van der Waals surface area contributed by atoms with Gasteiger partial charge in [-0.15, -0.1) is 0 Å². The molecule has 0 saturated heterocycles. The van der Waals surface area contributed by atoms with E-state index in [4.69, 9.17) is 0 Å². The molecular weight excluding hydrogens is 128 g/mol. The van der Waals surface area contributed by atoms with Crippen molar-refractivity contribution in [3.8, 4) is 0 Å². The Bertz CT molecular complexity index is 116. The van der Waals surface area contributed by atoms with Crippen LogP contribution >= 0.6 is 0 Å². The molecule has 0 aliphatic rings. The topological polar surface area (TPSA) is 17.1 Å². The van der Waals surface area contributed by atoms with Gasteiger partial charge in [-0.2, -0.15) is 0 Å². The molecule has 0 amide bonds. The van der Waals surface area contributed by atoms with Crippen molar-refractivity contribution in [1.29, 1.82) is 0 Å². The van der Waals surface area contributed by atoms with E-state index in [0.29, 0.717) is 5.75 Å².